The molecule has 0 aromatic rings. The van der Waals surface area contributed by atoms with Gasteiger partial charge in [0.1, 0.15) is 11.5 Å². The number of Topliss-reactive ketones (excluding diaryl/α,β-unsaturated/α-hetero) is 1. The first-order valence-corrected chi connectivity index (χ1v) is 5.68. The Morgan fingerprint density at radius 1 is 1.71 bits per heavy atom. The Morgan fingerprint density at radius 2 is 2.36 bits per heavy atom. The van der Waals surface area contributed by atoms with Crippen LogP contribution >= 0.6 is 11.9 Å². The second kappa shape index (κ2) is 4.45. The SMILES string of the molecule is C/C=C/C1(F)CC(SN)C(=O)CC1C. The molecule has 1 fully saturated rings. The van der Waals surface area contributed by atoms with Crippen LogP contribution in [0.15, 0.2) is 12.2 Å². The van der Waals surface area contributed by atoms with Crippen LogP contribution in [0.1, 0.15) is 26.7 Å². The van der Waals surface area contributed by atoms with Gasteiger partial charge in [-0.05, 0) is 6.92 Å². The lowest BCUT2D eigenvalue weighted by atomic mass is 9.77. The third-order valence-corrected chi connectivity index (χ3v) is 3.55. The van der Waals surface area contributed by atoms with E-state index in [0.717, 1.165) is 11.9 Å². The molecule has 80 valence electrons. The Labute approximate surface area is 88.3 Å². The van der Waals surface area contributed by atoms with Gasteiger partial charge in [-0.2, -0.15) is 0 Å². The molecule has 2 N–H and O–H groups in total. The summed E-state index contributed by atoms with van der Waals surface area (Å²) in [5.41, 5.74) is -1.36. The maximum Gasteiger partial charge on any atom is 0.147 e. The number of rotatable bonds is 2. The Bertz CT molecular complexity index is 257. The van der Waals surface area contributed by atoms with Crippen LogP contribution in [-0.4, -0.2) is 16.7 Å². The van der Waals surface area contributed by atoms with Gasteiger partial charge in [0.15, 0.2) is 0 Å². The number of carbonyl (C=O) groups is 1. The number of nitrogens with two attached hydrogens (primary N) is 1. The van der Waals surface area contributed by atoms with Gasteiger partial charge in [0.2, 0.25) is 0 Å². The maximum atomic E-state index is 14.3. The van der Waals surface area contributed by atoms with Crippen molar-refractivity contribution in [3.05, 3.63) is 12.2 Å². The first kappa shape index (κ1) is 11.7. The number of ketones is 1. The third-order valence-electron chi connectivity index (χ3n) is 2.79. The molecule has 0 heterocycles. The van der Waals surface area contributed by atoms with Crippen LogP contribution in [-0.2, 0) is 4.79 Å². The fourth-order valence-corrected chi connectivity index (χ4v) is 2.44. The summed E-state index contributed by atoms with van der Waals surface area (Å²) >= 11 is 0.961. The van der Waals surface area contributed by atoms with E-state index in [1.54, 1.807) is 26.0 Å². The van der Waals surface area contributed by atoms with Crippen molar-refractivity contribution in [1.29, 1.82) is 0 Å². The molecule has 3 atom stereocenters. The van der Waals surface area contributed by atoms with E-state index in [1.807, 2.05) is 0 Å². The molecule has 1 saturated carbocycles. The topological polar surface area (TPSA) is 43.1 Å². The molecule has 0 radical (unpaired) electrons. The second-order valence-electron chi connectivity index (χ2n) is 3.83. The molecule has 1 aliphatic rings. The summed E-state index contributed by atoms with van der Waals surface area (Å²) < 4.78 is 14.3. The van der Waals surface area contributed by atoms with Crippen LogP contribution in [0.4, 0.5) is 4.39 Å². The number of halogens is 1. The van der Waals surface area contributed by atoms with E-state index in [1.165, 1.54) is 0 Å². The molecule has 0 amide bonds. The van der Waals surface area contributed by atoms with E-state index in [4.69, 9.17) is 5.14 Å². The quantitative estimate of drug-likeness (QED) is 0.570. The highest BCUT2D eigenvalue weighted by Gasteiger charge is 2.43. The van der Waals surface area contributed by atoms with Crippen LogP contribution in [0.3, 0.4) is 0 Å². The van der Waals surface area contributed by atoms with Crippen LogP contribution < -0.4 is 5.14 Å². The van der Waals surface area contributed by atoms with Gasteiger partial charge in [0, 0.05) is 18.8 Å². The molecular formula is C10H16FNOS. The van der Waals surface area contributed by atoms with E-state index in [2.05, 4.69) is 0 Å². The van der Waals surface area contributed by atoms with E-state index < -0.39 is 5.67 Å². The Kier molecular flexibility index (Phi) is 3.72. The van der Waals surface area contributed by atoms with Crippen molar-refractivity contribution in [2.75, 3.05) is 0 Å². The lowest BCUT2D eigenvalue weighted by Gasteiger charge is -2.36. The van der Waals surface area contributed by atoms with Gasteiger partial charge in [0.25, 0.3) is 0 Å². The van der Waals surface area contributed by atoms with Crippen molar-refractivity contribution < 1.29 is 9.18 Å². The van der Waals surface area contributed by atoms with Crippen LogP contribution in [0.5, 0.6) is 0 Å². The first-order chi connectivity index (χ1) is 6.53. The number of carbonyl (C=O) groups excluding carboxylic acids is 1. The van der Waals surface area contributed by atoms with Crippen LogP contribution in [0, 0.1) is 5.92 Å². The summed E-state index contributed by atoms with van der Waals surface area (Å²) in [6.45, 7) is 3.56. The molecule has 0 saturated heterocycles. The number of hydrogen-bond donors (Lipinski definition) is 1. The highest BCUT2D eigenvalue weighted by molar-refractivity contribution is 7.98. The van der Waals surface area contributed by atoms with Crippen molar-refractivity contribution in [3.63, 3.8) is 0 Å². The summed E-state index contributed by atoms with van der Waals surface area (Å²) in [6.07, 6.45) is 3.74. The number of allylic oxidation sites excluding steroid dienone is 2. The molecule has 0 aliphatic heterocycles. The smallest absolute Gasteiger partial charge is 0.147 e. The van der Waals surface area contributed by atoms with Gasteiger partial charge in [-0.3, -0.25) is 9.93 Å². The average Bonchev–Trinajstić information content (AvgIpc) is 2.12. The maximum absolute atomic E-state index is 14.3. The van der Waals surface area contributed by atoms with Gasteiger partial charge in [-0.25, -0.2) is 4.39 Å². The molecular weight excluding hydrogens is 201 g/mol. The van der Waals surface area contributed by atoms with E-state index in [-0.39, 0.29) is 29.8 Å². The van der Waals surface area contributed by atoms with Gasteiger partial charge in [-0.1, -0.05) is 31.0 Å². The molecule has 14 heavy (non-hydrogen) atoms. The highest BCUT2D eigenvalue weighted by Crippen LogP contribution is 2.39. The van der Waals surface area contributed by atoms with E-state index >= 15 is 0 Å². The normalized spacial score (nSPS) is 39.3. The molecule has 1 rings (SSSR count). The molecule has 0 aromatic carbocycles. The summed E-state index contributed by atoms with van der Waals surface area (Å²) in [6, 6.07) is 0. The molecule has 0 aromatic heterocycles. The standard InChI is InChI=1S/C10H16FNOS/c1-3-4-10(11)6-9(14-12)8(13)5-7(10)2/h3-4,7,9H,5-6,12H2,1-2H3/b4-3+. The lowest BCUT2D eigenvalue weighted by molar-refractivity contribution is -0.123. The molecule has 3 unspecified atom stereocenters. The Balaban J connectivity index is 2.83. The average molecular weight is 217 g/mol. The number of hydrogen-bond acceptors (Lipinski definition) is 3. The van der Waals surface area contributed by atoms with Crippen molar-refractivity contribution in [2.24, 2.45) is 11.1 Å². The zero-order valence-electron chi connectivity index (χ0n) is 8.50. The molecule has 2 nitrogen and oxygen atoms in total. The zero-order valence-corrected chi connectivity index (χ0v) is 9.31. The fraction of sp³-hybridized carbons (Fsp3) is 0.700. The van der Waals surface area contributed by atoms with Crippen molar-refractivity contribution in [1.82, 2.24) is 0 Å². The summed E-state index contributed by atoms with van der Waals surface area (Å²) in [4.78, 5) is 11.4. The van der Waals surface area contributed by atoms with E-state index in [9.17, 15) is 9.18 Å². The first-order valence-electron chi connectivity index (χ1n) is 4.74. The van der Waals surface area contributed by atoms with E-state index in [0.29, 0.717) is 0 Å². The van der Waals surface area contributed by atoms with Gasteiger partial charge >= 0.3 is 0 Å². The minimum absolute atomic E-state index is 0.0720. The molecule has 0 bridgehead atoms. The number of alkyl halides is 1. The molecule has 4 heteroatoms. The van der Waals surface area contributed by atoms with Gasteiger partial charge in [-0.15, -0.1) is 0 Å². The summed E-state index contributed by atoms with van der Waals surface area (Å²) in [5.74, 6) is -0.169. The lowest BCUT2D eigenvalue weighted by Crippen LogP contribution is -2.43. The van der Waals surface area contributed by atoms with Crippen molar-refractivity contribution >= 4 is 17.7 Å². The monoisotopic (exact) mass is 217 g/mol. The van der Waals surface area contributed by atoms with Crippen LogP contribution in [0.2, 0.25) is 0 Å². The van der Waals surface area contributed by atoms with Crippen molar-refractivity contribution in [2.45, 2.75) is 37.6 Å². The third kappa shape index (κ3) is 2.17. The second-order valence-corrected chi connectivity index (χ2v) is 4.67. The predicted octanol–water partition coefficient (Wildman–Crippen LogP) is 2.25. The Morgan fingerprint density at radius 3 is 2.86 bits per heavy atom. The van der Waals surface area contributed by atoms with Crippen molar-refractivity contribution in [3.8, 4) is 0 Å². The fourth-order valence-electron chi connectivity index (χ4n) is 1.84. The summed E-state index contributed by atoms with van der Waals surface area (Å²) in [5, 5.41) is 4.98. The molecule has 1 aliphatic carbocycles. The Hall–Kier alpha value is -0.350. The minimum atomic E-state index is -1.36. The van der Waals surface area contributed by atoms with Crippen LogP contribution in [0.25, 0.3) is 0 Å². The predicted molar refractivity (Wildman–Crippen MR) is 57.6 cm³/mol. The summed E-state index contributed by atoms with van der Waals surface area (Å²) in [7, 11) is 0. The minimum Gasteiger partial charge on any atom is -0.298 e. The van der Waals surface area contributed by atoms with Gasteiger partial charge in [0.05, 0.1) is 5.25 Å². The molecule has 0 spiro atoms. The highest BCUT2D eigenvalue weighted by atomic mass is 32.2. The van der Waals surface area contributed by atoms with Gasteiger partial charge < -0.3 is 0 Å². The largest absolute Gasteiger partial charge is 0.298 e. The zero-order chi connectivity index (χ0) is 10.8.